The average molecular weight is 373 g/mol. The van der Waals surface area contributed by atoms with Gasteiger partial charge in [-0.05, 0) is 13.3 Å². The molecule has 0 saturated carbocycles. The van der Waals surface area contributed by atoms with E-state index in [4.69, 9.17) is 9.26 Å². The number of amides is 1. The number of carbonyl (C=O) groups excluding carboxylic acids is 1. The van der Waals surface area contributed by atoms with Crippen LogP contribution in [0.25, 0.3) is 11.0 Å². The molecule has 1 N–H and O–H groups in total. The van der Waals surface area contributed by atoms with E-state index in [-0.39, 0.29) is 16.9 Å². The van der Waals surface area contributed by atoms with Crippen molar-refractivity contribution in [1.82, 2.24) is 19.3 Å². The Kier molecular flexibility index (Phi) is 4.80. The molecule has 3 heterocycles. The van der Waals surface area contributed by atoms with Crippen molar-refractivity contribution in [3.63, 3.8) is 0 Å². The molecule has 10 nitrogen and oxygen atoms in total. The van der Waals surface area contributed by atoms with Gasteiger partial charge < -0.3 is 14.6 Å². The van der Waals surface area contributed by atoms with E-state index in [1.807, 2.05) is 6.92 Å². The van der Waals surface area contributed by atoms with Crippen molar-refractivity contribution in [2.75, 3.05) is 12.4 Å². The second-order valence-corrected chi connectivity index (χ2v) is 5.97. The first-order chi connectivity index (χ1) is 12.9. The molecule has 0 unspecified atom stereocenters. The monoisotopic (exact) mass is 373 g/mol. The highest BCUT2D eigenvalue weighted by Gasteiger charge is 2.20. The van der Waals surface area contributed by atoms with Crippen molar-refractivity contribution >= 4 is 22.8 Å². The van der Waals surface area contributed by atoms with Gasteiger partial charge in [-0.3, -0.25) is 14.2 Å². The Labute approximate surface area is 153 Å². The van der Waals surface area contributed by atoms with E-state index in [2.05, 4.69) is 15.5 Å². The minimum Gasteiger partial charge on any atom is -0.495 e. The summed E-state index contributed by atoms with van der Waals surface area (Å²) in [6, 6.07) is 1.53. The third-order valence-corrected chi connectivity index (χ3v) is 4.16. The molecule has 3 aromatic rings. The molecule has 10 heteroatoms. The Morgan fingerprint density at radius 3 is 2.70 bits per heavy atom. The maximum atomic E-state index is 13.0. The van der Waals surface area contributed by atoms with Gasteiger partial charge in [-0.1, -0.05) is 12.1 Å². The molecule has 0 bridgehead atoms. The second-order valence-electron chi connectivity index (χ2n) is 5.97. The van der Waals surface area contributed by atoms with Gasteiger partial charge in [0, 0.05) is 24.9 Å². The fourth-order valence-electron chi connectivity index (χ4n) is 2.84. The number of rotatable bonds is 5. The third-order valence-electron chi connectivity index (χ3n) is 4.16. The zero-order valence-corrected chi connectivity index (χ0v) is 15.4. The summed E-state index contributed by atoms with van der Waals surface area (Å²) in [7, 11) is 2.93. The summed E-state index contributed by atoms with van der Waals surface area (Å²) in [5, 5.41) is 6.29. The lowest BCUT2D eigenvalue weighted by Crippen LogP contribution is -2.42. The minimum atomic E-state index is -0.655. The van der Waals surface area contributed by atoms with Gasteiger partial charge >= 0.3 is 5.69 Å². The number of aromatic nitrogens is 4. The largest absolute Gasteiger partial charge is 0.495 e. The molecule has 3 rings (SSSR count). The maximum Gasteiger partial charge on any atom is 0.332 e. The van der Waals surface area contributed by atoms with Crippen LogP contribution in [-0.4, -0.2) is 32.3 Å². The standard InChI is InChI=1S/C17H19N5O5/c1-5-10-7-18-15-13(14(10)26-4)16(24)22(17(25)21(15)3)8-12(23)19-11-6-9(2)27-20-11/h6-7H,5,8H2,1-4H3,(H,19,20,23). The number of hydrogen-bond acceptors (Lipinski definition) is 7. The lowest BCUT2D eigenvalue weighted by molar-refractivity contribution is -0.116. The van der Waals surface area contributed by atoms with E-state index in [9.17, 15) is 14.4 Å². The Bertz CT molecular complexity index is 1140. The summed E-state index contributed by atoms with van der Waals surface area (Å²) in [4.78, 5) is 42.0. The molecule has 0 aromatic carbocycles. The average Bonchev–Trinajstić information content (AvgIpc) is 3.06. The zero-order chi connectivity index (χ0) is 19.7. The van der Waals surface area contributed by atoms with Crippen molar-refractivity contribution in [2.45, 2.75) is 26.8 Å². The SMILES string of the molecule is CCc1cnc2c(c1OC)c(=O)n(CC(=O)Nc1cc(C)on1)c(=O)n2C. The molecule has 0 aliphatic rings. The molecule has 0 saturated heterocycles. The molecule has 0 aliphatic heterocycles. The predicted molar refractivity (Wildman–Crippen MR) is 97.0 cm³/mol. The molecular formula is C17H19N5O5. The number of nitrogens with zero attached hydrogens (tertiary/aromatic N) is 4. The van der Waals surface area contributed by atoms with E-state index < -0.39 is 23.7 Å². The number of ether oxygens (including phenoxy) is 1. The van der Waals surface area contributed by atoms with Gasteiger partial charge in [-0.15, -0.1) is 0 Å². The molecular weight excluding hydrogens is 354 g/mol. The fourth-order valence-corrected chi connectivity index (χ4v) is 2.84. The van der Waals surface area contributed by atoms with Crippen molar-refractivity contribution in [3.05, 3.63) is 44.4 Å². The highest BCUT2D eigenvalue weighted by molar-refractivity contribution is 5.90. The van der Waals surface area contributed by atoms with Gasteiger partial charge in [0.15, 0.2) is 11.5 Å². The van der Waals surface area contributed by atoms with Crippen LogP contribution in [0, 0.1) is 6.92 Å². The van der Waals surface area contributed by atoms with Crippen LogP contribution in [0.3, 0.4) is 0 Å². The molecule has 0 atom stereocenters. The first-order valence-corrected chi connectivity index (χ1v) is 8.25. The first kappa shape index (κ1) is 18.4. The highest BCUT2D eigenvalue weighted by Crippen LogP contribution is 2.24. The molecule has 1 amide bonds. The summed E-state index contributed by atoms with van der Waals surface area (Å²) in [5.74, 6) is 0.493. The van der Waals surface area contributed by atoms with Gasteiger partial charge in [-0.2, -0.15) is 0 Å². The smallest absolute Gasteiger partial charge is 0.332 e. The Hall–Kier alpha value is -3.43. The number of carbonyl (C=O) groups is 1. The highest BCUT2D eigenvalue weighted by atomic mass is 16.5. The Morgan fingerprint density at radius 1 is 1.37 bits per heavy atom. The van der Waals surface area contributed by atoms with Gasteiger partial charge in [0.25, 0.3) is 5.56 Å². The van der Waals surface area contributed by atoms with Crippen molar-refractivity contribution < 1.29 is 14.1 Å². The van der Waals surface area contributed by atoms with Crippen molar-refractivity contribution in [2.24, 2.45) is 7.05 Å². The van der Waals surface area contributed by atoms with E-state index in [0.29, 0.717) is 17.9 Å². The first-order valence-electron chi connectivity index (χ1n) is 8.25. The molecule has 0 aliphatic carbocycles. The molecule has 0 spiro atoms. The van der Waals surface area contributed by atoms with Crippen LogP contribution in [0.4, 0.5) is 5.82 Å². The van der Waals surface area contributed by atoms with E-state index in [0.717, 1.165) is 10.1 Å². The predicted octanol–water partition coefficient (Wildman–Crippen LogP) is 0.601. The number of anilines is 1. The van der Waals surface area contributed by atoms with Gasteiger partial charge in [0.1, 0.15) is 23.4 Å². The summed E-state index contributed by atoms with van der Waals surface area (Å²) in [5.41, 5.74) is -0.366. The van der Waals surface area contributed by atoms with Crippen molar-refractivity contribution in [3.8, 4) is 5.75 Å². The quantitative estimate of drug-likeness (QED) is 0.695. The van der Waals surface area contributed by atoms with Crippen LogP contribution >= 0.6 is 0 Å². The third kappa shape index (κ3) is 3.21. The normalized spacial score (nSPS) is 11.0. The molecule has 142 valence electrons. The van der Waals surface area contributed by atoms with Crippen LogP contribution in [0.2, 0.25) is 0 Å². The van der Waals surface area contributed by atoms with E-state index >= 15 is 0 Å². The number of nitrogens with one attached hydrogen (secondary N) is 1. The summed E-state index contributed by atoms with van der Waals surface area (Å²) in [6.07, 6.45) is 2.17. The molecule has 3 aromatic heterocycles. The maximum absolute atomic E-state index is 13.0. The topological polar surface area (TPSA) is 121 Å². The summed E-state index contributed by atoms with van der Waals surface area (Å²) < 4.78 is 12.3. The Morgan fingerprint density at radius 2 is 2.11 bits per heavy atom. The number of aryl methyl sites for hydroxylation is 3. The lowest BCUT2D eigenvalue weighted by Gasteiger charge is -2.14. The zero-order valence-electron chi connectivity index (χ0n) is 15.4. The van der Waals surface area contributed by atoms with Crippen LogP contribution in [0.1, 0.15) is 18.2 Å². The summed E-state index contributed by atoms with van der Waals surface area (Å²) >= 11 is 0. The number of methoxy groups -OCH3 is 1. The van der Waals surface area contributed by atoms with E-state index in [1.165, 1.54) is 24.8 Å². The van der Waals surface area contributed by atoms with Crippen molar-refractivity contribution in [1.29, 1.82) is 0 Å². The lowest BCUT2D eigenvalue weighted by atomic mass is 10.1. The van der Waals surface area contributed by atoms with Gasteiger partial charge in [0.2, 0.25) is 5.91 Å². The van der Waals surface area contributed by atoms with Crippen LogP contribution in [0.15, 0.2) is 26.4 Å². The van der Waals surface area contributed by atoms with Crippen LogP contribution in [0.5, 0.6) is 5.75 Å². The second kappa shape index (κ2) is 7.06. The number of hydrogen-bond donors (Lipinski definition) is 1. The minimum absolute atomic E-state index is 0.157. The molecule has 0 fully saturated rings. The molecule has 27 heavy (non-hydrogen) atoms. The van der Waals surface area contributed by atoms with Gasteiger partial charge in [-0.25, -0.2) is 14.3 Å². The van der Waals surface area contributed by atoms with Crippen LogP contribution in [-0.2, 0) is 24.8 Å². The Balaban J connectivity index is 2.11. The summed E-state index contributed by atoms with van der Waals surface area (Å²) in [6.45, 7) is 3.10. The molecule has 0 radical (unpaired) electrons. The van der Waals surface area contributed by atoms with Crippen LogP contribution < -0.4 is 21.3 Å². The fraction of sp³-hybridized carbons (Fsp3) is 0.353. The van der Waals surface area contributed by atoms with Gasteiger partial charge in [0.05, 0.1) is 7.11 Å². The van der Waals surface area contributed by atoms with E-state index in [1.54, 1.807) is 13.1 Å². The number of pyridine rings is 1. The number of fused-ring (bicyclic) bond motifs is 1.